The fourth-order valence-electron chi connectivity index (χ4n) is 0.695. The molecule has 0 unspecified atom stereocenters. The van der Waals surface area contributed by atoms with Gasteiger partial charge in [-0.3, -0.25) is 4.98 Å². The summed E-state index contributed by atoms with van der Waals surface area (Å²) < 4.78 is 0. The maximum Gasteiger partial charge on any atom is 0.0342 e. The Balaban J connectivity index is -0.000000206. The summed E-state index contributed by atoms with van der Waals surface area (Å²) in [7, 11) is 0. The van der Waals surface area contributed by atoms with Crippen molar-refractivity contribution >= 4 is 12.7 Å². The molecule has 0 atom stereocenters. The van der Waals surface area contributed by atoms with Gasteiger partial charge >= 0.3 is 0 Å². The van der Waals surface area contributed by atoms with Crippen molar-refractivity contribution in [1.82, 2.24) is 4.98 Å². The summed E-state index contributed by atoms with van der Waals surface area (Å²) in [6.07, 6.45) is 7.30. The third-order valence-electron chi connectivity index (χ3n) is 1.26. The lowest BCUT2D eigenvalue weighted by Crippen LogP contribution is -2.22. The first-order valence-electron chi connectivity index (χ1n) is 5.88. The van der Waals surface area contributed by atoms with Gasteiger partial charge < -0.3 is 0 Å². The van der Waals surface area contributed by atoms with E-state index in [4.69, 9.17) is 0 Å². The lowest BCUT2D eigenvalue weighted by Gasteiger charge is -1.82. The molecule has 0 N–H and O–H groups in total. The summed E-state index contributed by atoms with van der Waals surface area (Å²) in [6.45, 7) is 19.0. The topological polar surface area (TPSA) is 12.9 Å². The van der Waals surface area contributed by atoms with Gasteiger partial charge in [-0.1, -0.05) is 46.4 Å². The van der Waals surface area contributed by atoms with E-state index in [2.05, 4.69) is 18.1 Å². The quantitative estimate of drug-likeness (QED) is 0.611. The van der Waals surface area contributed by atoms with Crippen molar-refractivity contribution in [3.05, 3.63) is 41.6 Å². The van der Waals surface area contributed by atoms with Crippen molar-refractivity contribution in [1.29, 1.82) is 0 Å². The van der Waals surface area contributed by atoms with E-state index >= 15 is 0 Å². The third kappa shape index (κ3) is 12.6. The summed E-state index contributed by atoms with van der Waals surface area (Å²) >= 11 is 0. The second-order valence-electron chi connectivity index (χ2n) is 2.27. The standard InChI is InChI=1S/C8H9N.C3H6.2C2H6/c1-3-8-6-9-5-4-7(8)2;1-3-2;2*1-2/h3-6H,2H2,1H3;3H,1H2,2H3;2*1-2H3/b8-3-;;;. The van der Waals surface area contributed by atoms with Crippen LogP contribution in [0.4, 0.5) is 0 Å². The highest BCUT2D eigenvalue weighted by Crippen LogP contribution is 1.61. The van der Waals surface area contributed by atoms with Crippen LogP contribution >= 0.6 is 0 Å². The van der Waals surface area contributed by atoms with Gasteiger partial charge in [0.25, 0.3) is 0 Å². The maximum absolute atomic E-state index is 3.95. The van der Waals surface area contributed by atoms with E-state index in [0.717, 1.165) is 10.4 Å². The Bertz CT molecular complexity index is 326. The molecule has 0 aromatic carbocycles. The van der Waals surface area contributed by atoms with Gasteiger partial charge in [0.1, 0.15) is 0 Å². The Kier molecular flexibility index (Phi) is 24.2. The van der Waals surface area contributed by atoms with E-state index in [9.17, 15) is 0 Å². The molecule has 0 saturated heterocycles. The molecule has 0 aliphatic rings. The molecule has 1 aromatic heterocycles. The molecule has 16 heavy (non-hydrogen) atoms. The lowest BCUT2D eigenvalue weighted by molar-refractivity contribution is 1.27. The zero-order valence-electron chi connectivity index (χ0n) is 11.7. The Morgan fingerprint density at radius 1 is 1.12 bits per heavy atom. The lowest BCUT2D eigenvalue weighted by atomic mass is 10.3. The van der Waals surface area contributed by atoms with Gasteiger partial charge in [0.2, 0.25) is 0 Å². The minimum absolute atomic E-state index is 1.03. The zero-order valence-corrected chi connectivity index (χ0v) is 11.7. The van der Waals surface area contributed by atoms with Crippen LogP contribution in [0.3, 0.4) is 0 Å². The van der Waals surface area contributed by atoms with Crippen molar-refractivity contribution in [2.24, 2.45) is 0 Å². The van der Waals surface area contributed by atoms with Gasteiger partial charge in [0.15, 0.2) is 0 Å². The van der Waals surface area contributed by atoms with Crippen LogP contribution < -0.4 is 10.4 Å². The van der Waals surface area contributed by atoms with Crippen molar-refractivity contribution in [3.63, 3.8) is 0 Å². The smallest absolute Gasteiger partial charge is 0.0342 e. The van der Waals surface area contributed by atoms with Crippen LogP contribution in [-0.2, 0) is 0 Å². The maximum atomic E-state index is 3.95. The molecule has 1 nitrogen and oxygen atoms in total. The van der Waals surface area contributed by atoms with Gasteiger partial charge in [0.05, 0.1) is 0 Å². The van der Waals surface area contributed by atoms with Crippen LogP contribution in [0.2, 0.25) is 0 Å². The van der Waals surface area contributed by atoms with Gasteiger partial charge in [-0.15, -0.1) is 6.58 Å². The van der Waals surface area contributed by atoms with Crippen LogP contribution in [0.5, 0.6) is 0 Å². The molecule has 1 heteroatoms. The molecule has 0 amide bonds. The highest BCUT2D eigenvalue weighted by atomic mass is 14.6. The van der Waals surface area contributed by atoms with Gasteiger partial charge in [0, 0.05) is 12.4 Å². The Labute approximate surface area is 101 Å². The molecular formula is C15H27N. The van der Waals surface area contributed by atoms with Crippen LogP contribution in [0.15, 0.2) is 31.1 Å². The van der Waals surface area contributed by atoms with E-state index in [1.807, 2.05) is 59.9 Å². The van der Waals surface area contributed by atoms with Gasteiger partial charge in [-0.2, -0.15) is 0 Å². The summed E-state index contributed by atoms with van der Waals surface area (Å²) in [5.74, 6) is 0. The molecule has 0 spiro atoms. The highest BCUT2D eigenvalue weighted by Gasteiger charge is 1.75. The summed E-state index contributed by atoms with van der Waals surface area (Å²) in [5.41, 5.74) is 0. The van der Waals surface area contributed by atoms with Gasteiger partial charge in [-0.25, -0.2) is 0 Å². The molecule has 0 bridgehead atoms. The normalized spacial score (nSPS) is 8.25. The minimum atomic E-state index is 1.03. The number of hydrogen-bond donors (Lipinski definition) is 0. The fraction of sp³-hybridized carbons (Fsp3) is 0.400. The van der Waals surface area contributed by atoms with E-state index in [1.165, 1.54) is 0 Å². The fourth-order valence-corrected chi connectivity index (χ4v) is 0.695. The molecule has 0 aliphatic heterocycles. The van der Waals surface area contributed by atoms with Crippen molar-refractivity contribution < 1.29 is 0 Å². The van der Waals surface area contributed by atoms with Crippen molar-refractivity contribution in [2.45, 2.75) is 41.5 Å². The molecule has 0 radical (unpaired) electrons. The predicted molar refractivity (Wildman–Crippen MR) is 77.7 cm³/mol. The largest absolute Gasteiger partial charge is 0.264 e. The molecule has 0 aliphatic carbocycles. The predicted octanol–water partition coefficient (Wildman–Crippen LogP) is 3.54. The van der Waals surface area contributed by atoms with E-state index in [0.29, 0.717) is 0 Å². The number of aromatic nitrogens is 1. The van der Waals surface area contributed by atoms with Crippen LogP contribution in [0.1, 0.15) is 41.5 Å². The molecule has 0 saturated carbocycles. The summed E-state index contributed by atoms with van der Waals surface area (Å²) in [5, 5.41) is 2.14. The van der Waals surface area contributed by atoms with E-state index in [-0.39, 0.29) is 0 Å². The average molecular weight is 221 g/mol. The molecule has 0 fully saturated rings. The minimum Gasteiger partial charge on any atom is -0.264 e. The number of nitrogens with zero attached hydrogens (tertiary/aromatic N) is 1. The van der Waals surface area contributed by atoms with Crippen molar-refractivity contribution in [2.75, 3.05) is 0 Å². The Morgan fingerprint density at radius 2 is 1.56 bits per heavy atom. The second-order valence-corrected chi connectivity index (χ2v) is 2.27. The number of pyridine rings is 1. The highest BCUT2D eigenvalue weighted by molar-refractivity contribution is 5.20. The summed E-state index contributed by atoms with van der Waals surface area (Å²) in [6, 6.07) is 1.90. The molecular weight excluding hydrogens is 194 g/mol. The monoisotopic (exact) mass is 221 g/mol. The SMILES string of the molecule is C=CC.C=c1ccnc/c1=C/C.CC.CC. The zero-order chi connectivity index (χ0) is 13.4. The first-order valence-corrected chi connectivity index (χ1v) is 5.88. The van der Waals surface area contributed by atoms with Crippen LogP contribution in [0.25, 0.3) is 12.7 Å². The van der Waals surface area contributed by atoms with Crippen molar-refractivity contribution in [3.8, 4) is 0 Å². The second kappa shape index (κ2) is 19.2. The number of rotatable bonds is 0. The first-order chi connectivity index (χ1) is 7.76. The molecule has 1 rings (SSSR count). The third-order valence-corrected chi connectivity index (χ3v) is 1.26. The number of hydrogen-bond acceptors (Lipinski definition) is 1. The van der Waals surface area contributed by atoms with Crippen LogP contribution in [-0.4, -0.2) is 4.98 Å². The van der Waals surface area contributed by atoms with Gasteiger partial charge in [-0.05, 0) is 30.4 Å². The number of allylic oxidation sites excluding steroid dienone is 1. The molecule has 1 aromatic rings. The molecule has 1 heterocycles. The Morgan fingerprint density at radius 3 is 1.81 bits per heavy atom. The first kappa shape index (κ1) is 20.1. The molecule has 92 valence electrons. The Hall–Kier alpha value is -1.37. The van der Waals surface area contributed by atoms with Crippen LogP contribution in [0, 0.1) is 0 Å². The van der Waals surface area contributed by atoms with E-state index < -0.39 is 0 Å². The average Bonchev–Trinajstić information content (AvgIpc) is 2.36. The summed E-state index contributed by atoms with van der Waals surface area (Å²) in [4.78, 5) is 3.95. The van der Waals surface area contributed by atoms with E-state index in [1.54, 1.807) is 12.3 Å².